The summed E-state index contributed by atoms with van der Waals surface area (Å²) in [4.78, 5) is 11.3. The lowest BCUT2D eigenvalue weighted by molar-refractivity contribution is 0.104. The Balaban J connectivity index is 2.90. The van der Waals surface area contributed by atoms with Gasteiger partial charge >= 0.3 is 0 Å². The normalized spacial score (nSPS) is 11.5. The first kappa shape index (κ1) is 9.65. The molecule has 2 heteroatoms. The van der Waals surface area contributed by atoms with Crippen LogP contribution < -0.4 is 0 Å². The number of halogens is 1. The number of carbonyl (C=O) groups excluding carboxylic acids is 1. The molecule has 68 valence electrons. The van der Waals surface area contributed by atoms with Crippen molar-refractivity contribution >= 4 is 5.78 Å². The van der Waals surface area contributed by atoms with Crippen LogP contribution in [-0.2, 0) is 0 Å². The molecule has 0 saturated carbocycles. The van der Waals surface area contributed by atoms with E-state index in [-0.39, 0.29) is 5.78 Å². The van der Waals surface area contributed by atoms with Gasteiger partial charge in [0, 0.05) is 11.6 Å². The summed E-state index contributed by atoms with van der Waals surface area (Å²) in [5, 5.41) is 0. The fourth-order valence-electron chi connectivity index (χ4n) is 0.982. The number of benzene rings is 1. The van der Waals surface area contributed by atoms with Gasteiger partial charge in [-0.25, -0.2) is 4.39 Å². The summed E-state index contributed by atoms with van der Waals surface area (Å²) in [6.07, 6.45) is 0.991. The van der Waals surface area contributed by atoms with Crippen LogP contribution >= 0.6 is 0 Å². The lowest BCUT2D eigenvalue weighted by Gasteiger charge is -1.96. The number of ketones is 1. The van der Waals surface area contributed by atoms with Gasteiger partial charge in [-0.05, 0) is 13.8 Å². The number of rotatable bonds is 2. The van der Waals surface area contributed by atoms with Crippen molar-refractivity contribution in [3.63, 3.8) is 0 Å². The van der Waals surface area contributed by atoms with Crippen LogP contribution in [0.3, 0.4) is 0 Å². The van der Waals surface area contributed by atoms with E-state index in [1.54, 1.807) is 12.1 Å². The fourth-order valence-corrected chi connectivity index (χ4v) is 0.982. The second-order valence-corrected chi connectivity index (χ2v) is 2.96. The summed E-state index contributed by atoms with van der Waals surface area (Å²) < 4.78 is 12.4. The predicted octanol–water partition coefficient (Wildman–Crippen LogP) is 3.05. The molecule has 0 aliphatic heterocycles. The van der Waals surface area contributed by atoms with Gasteiger partial charge in [0.2, 0.25) is 0 Å². The first-order chi connectivity index (χ1) is 6.09. The Labute approximate surface area is 76.9 Å². The number of aryl methyl sites for hydroxylation is 1. The second kappa shape index (κ2) is 3.99. The lowest BCUT2D eigenvalue weighted by Crippen LogP contribution is -1.94. The summed E-state index contributed by atoms with van der Waals surface area (Å²) in [6, 6.07) is 7.04. The van der Waals surface area contributed by atoms with Crippen LogP contribution in [0.1, 0.15) is 22.8 Å². The molecule has 0 atom stereocenters. The van der Waals surface area contributed by atoms with Gasteiger partial charge in [0.1, 0.15) is 5.83 Å². The van der Waals surface area contributed by atoms with Gasteiger partial charge < -0.3 is 0 Å². The first-order valence-electron chi connectivity index (χ1n) is 4.04. The lowest BCUT2D eigenvalue weighted by atomic mass is 10.1. The van der Waals surface area contributed by atoms with E-state index in [1.165, 1.54) is 6.92 Å². The van der Waals surface area contributed by atoms with Crippen LogP contribution in [0.5, 0.6) is 0 Å². The molecule has 0 unspecified atom stereocenters. The highest BCUT2D eigenvalue weighted by atomic mass is 19.1. The van der Waals surface area contributed by atoms with Crippen LogP contribution in [-0.4, -0.2) is 5.78 Å². The number of hydrogen-bond acceptors (Lipinski definition) is 1. The fraction of sp³-hybridized carbons (Fsp3) is 0.182. The molecular formula is C11H11FO. The summed E-state index contributed by atoms with van der Waals surface area (Å²) >= 11 is 0. The van der Waals surface area contributed by atoms with Crippen molar-refractivity contribution < 1.29 is 9.18 Å². The van der Waals surface area contributed by atoms with Gasteiger partial charge in [-0.2, -0.15) is 0 Å². The Morgan fingerprint density at radius 3 is 2.31 bits per heavy atom. The SMILES string of the molecule is C/C(F)=C/C(=O)c1ccc(C)cc1. The second-order valence-electron chi connectivity index (χ2n) is 2.96. The minimum Gasteiger partial charge on any atom is -0.289 e. The van der Waals surface area contributed by atoms with Gasteiger partial charge in [-0.1, -0.05) is 29.8 Å². The van der Waals surface area contributed by atoms with Crippen LogP contribution in [0.15, 0.2) is 36.2 Å². The summed E-state index contributed by atoms with van der Waals surface area (Å²) in [7, 11) is 0. The van der Waals surface area contributed by atoms with Gasteiger partial charge in [0.15, 0.2) is 5.78 Å². The Hall–Kier alpha value is -1.44. The van der Waals surface area contributed by atoms with Gasteiger partial charge in [-0.15, -0.1) is 0 Å². The maximum Gasteiger partial charge on any atom is 0.188 e. The molecule has 1 aromatic carbocycles. The molecule has 0 spiro atoms. The number of hydrogen-bond donors (Lipinski definition) is 0. The Kier molecular flexibility index (Phi) is 2.96. The molecule has 0 bridgehead atoms. The Bertz CT molecular complexity index is 332. The molecule has 0 amide bonds. The van der Waals surface area contributed by atoms with Crippen molar-refractivity contribution in [1.82, 2.24) is 0 Å². The third kappa shape index (κ3) is 2.82. The quantitative estimate of drug-likeness (QED) is 0.502. The van der Waals surface area contributed by atoms with E-state index in [4.69, 9.17) is 0 Å². The van der Waals surface area contributed by atoms with Crippen LogP contribution in [0, 0.1) is 6.92 Å². The molecule has 0 fully saturated rings. The molecule has 0 saturated heterocycles. The summed E-state index contributed by atoms with van der Waals surface area (Å²) in [5.74, 6) is -0.759. The zero-order valence-electron chi connectivity index (χ0n) is 7.67. The van der Waals surface area contributed by atoms with Crippen molar-refractivity contribution in [2.24, 2.45) is 0 Å². The average molecular weight is 178 g/mol. The van der Waals surface area contributed by atoms with Crippen molar-refractivity contribution in [2.75, 3.05) is 0 Å². The van der Waals surface area contributed by atoms with Crippen molar-refractivity contribution in [1.29, 1.82) is 0 Å². The minimum absolute atomic E-state index is 0.292. The van der Waals surface area contributed by atoms with Crippen molar-refractivity contribution in [2.45, 2.75) is 13.8 Å². The molecule has 0 aromatic heterocycles. The molecule has 0 N–H and O–H groups in total. The standard InChI is InChI=1S/C11H11FO/c1-8-3-5-10(6-4-8)11(13)7-9(2)12/h3-7H,1-2H3/b9-7-. The highest BCUT2D eigenvalue weighted by Gasteiger charge is 2.01. The van der Waals surface area contributed by atoms with E-state index in [1.807, 2.05) is 19.1 Å². The molecule has 1 nitrogen and oxygen atoms in total. The van der Waals surface area contributed by atoms with Crippen molar-refractivity contribution in [3.05, 3.63) is 47.3 Å². The maximum atomic E-state index is 12.4. The summed E-state index contributed by atoms with van der Waals surface area (Å²) in [5.41, 5.74) is 1.60. The van der Waals surface area contributed by atoms with Gasteiger partial charge in [0.05, 0.1) is 0 Å². The highest BCUT2D eigenvalue weighted by Crippen LogP contribution is 2.06. The maximum absolute atomic E-state index is 12.4. The van der Waals surface area contributed by atoms with E-state index < -0.39 is 5.83 Å². The summed E-state index contributed by atoms with van der Waals surface area (Å²) in [6.45, 7) is 3.19. The molecule has 0 heterocycles. The van der Waals surface area contributed by atoms with E-state index >= 15 is 0 Å². The smallest absolute Gasteiger partial charge is 0.188 e. The molecule has 0 radical (unpaired) electrons. The highest BCUT2D eigenvalue weighted by molar-refractivity contribution is 6.04. The average Bonchev–Trinajstić information content (AvgIpc) is 2.04. The van der Waals surface area contributed by atoms with E-state index in [0.717, 1.165) is 11.6 Å². The largest absolute Gasteiger partial charge is 0.289 e. The number of allylic oxidation sites excluding steroid dienone is 2. The monoisotopic (exact) mass is 178 g/mol. The molecule has 13 heavy (non-hydrogen) atoms. The van der Waals surface area contributed by atoms with E-state index in [0.29, 0.717) is 5.56 Å². The topological polar surface area (TPSA) is 17.1 Å². The molecule has 0 aliphatic carbocycles. The van der Waals surface area contributed by atoms with Crippen LogP contribution in [0.4, 0.5) is 4.39 Å². The Morgan fingerprint density at radius 1 is 1.31 bits per heavy atom. The zero-order chi connectivity index (χ0) is 9.84. The van der Waals surface area contributed by atoms with Crippen LogP contribution in [0.2, 0.25) is 0 Å². The Morgan fingerprint density at radius 2 is 1.85 bits per heavy atom. The third-order valence-corrected chi connectivity index (χ3v) is 1.67. The van der Waals surface area contributed by atoms with Gasteiger partial charge in [-0.3, -0.25) is 4.79 Å². The van der Waals surface area contributed by atoms with Crippen LogP contribution in [0.25, 0.3) is 0 Å². The third-order valence-electron chi connectivity index (χ3n) is 1.67. The molecule has 1 aromatic rings. The van der Waals surface area contributed by atoms with E-state index in [2.05, 4.69) is 0 Å². The predicted molar refractivity (Wildman–Crippen MR) is 50.4 cm³/mol. The first-order valence-corrected chi connectivity index (χ1v) is 4.04. The van der Waals surface area contributed by atoms with Crippen molar-refractivity contribution in [3.8, 4) is 0 Å². The molecule has 1 rings (SSSR count). The zero-order valence-corrected chi connectivity index (χ0v) is 7.67. The minimum atomic E-state index is -0.467. The molecule has 0 aliphatic rings. The van der Waals surface area contributed by atoms with Gasteiger partial charge in [0.25, 0.3) is 0 Å². The molecular weight excluding hydrogens is 167 g/mol. The number of carbonyl (C=O) groups is 1. The van der Waals surface area contributed by atoms with E-state index in [9.17, 15) is 9.18 Å².